The van der Waals surface area contributed by atoms with Crippen LogP contribution < -0.4 is 5.32 Å². The number of rotatable bonds is 6. The molecule has 0 unspecified atom stereocenters. The van der Waals surface area contributed by atoms with Crippen LogP contribution in [0, 0.1) is 15.9 Å². The summed E-state index contributed by atoms with van der Waals surface area (Å²) in [5, 5.41) is 15.4. The molecule has 7 nitrogen and oxygen atoms in total. The third-order valence-corrected chi connectivity index (χ3v) is 4.89. The fourth-order valence-electron chi connectivity index (χ4n) is 2.61. The molecule has 2 aromatic carbocycles. The van der Waals surface area contributed by atoms with E-state index in [1.165, 1.54) is 36.4 Å². The first-order chi connectivity index (χ1) is 13.9. The van der Waals surface area contributed by atoms with Crippen molar-refractivity contribution in [2.75, 3.05) is 11.9 Å². The van der Waals surface area contributed by atoms with Crippen LogP contribution in [-0.4, -0.2) is 23.4 Å². The Morgan fingerprint density at radius 2 is 1.79 bits per heavy atom. The highest BCUT2D eigenvalue weighted by Gasteiger charge is 2.23. The summed E-state index contributed by atoms with van der Waals surface area (Å²) < 4.78 is 18.2. The van der Waals surface area contributed by atoms with Crippen LogP contribution in [0.3, 0.4) is 0 Å². The lowest BCUT2D eigenvalue weighted by Gasteiger charge is -2.09. The Hall–Kier alpha value is -3.59. The predicted molar refractivity (Wildman–Crippen MR) is 107 cm³/mol. The van der Waals surface area contributed by atoms with Gasteiger partial charge in [0.25, 0.3) is 11.6 Å². The number of carbonyl (C=O) groups is 2. The Morgan fingerprint density at radius 1 is 1.14 bits per heavy atom. The number of benzene rings is 2. The minimum atomic E-state index is -0.628. The summed E-state index contributed by atoms with van der Waals surface area (Å²) in [7, 11) is 0. The number of amides is 1. The smallest absolute Gasteiger partial charge is 0.341 e. The normalized spacial score (nSPS) is 10.4. The van der Waals surface area contributed by atoms with E-state index in [0.29, 0.717) is 11.1 Å². The Kier molecular flexibility index (Phi) is 5.99. The molecule has 0 aliphatic rings. The van der Waals surface area contributed by atoms with E-state index in [9.17, 15) is 24.1 Å². The lowest BCUT2D eigenvalue weighted by Crippen LogP contribution is -2.14. The van der Waals surface area contributed by atoms with Crippen molar-refractivity contribution in [2.45, 2.75) is 6.92 Å². The molecule has 0 saturated heterocycles. The second-order valence-corrected chi connectivity index (χ2v) is 6.72. The zero-order valence-electron chi connectivity index (χ0n) is 15.2. The number of esters is 1. The molecule has 29 heavy (non-hydrogen) atoms. The number of thiophene rings is 1. The van der Waals surface area contributed by atoms with Crippen LogP contribution in [0.2, 0.25) is 0 Å². The van der Waals surface area contributed by atoms with Crippen molar-refractivity contribution in [3.63, 3.8) is 0 Å². The van der Waals surface area contributed by atoms with Crippen molar-refractivity contribution in [2.24, 2.45) is 0 Å². The number of nitrogens with zero attached hydrogens (tertiary/aromatic N) is 1. The molecule has 0 saturated carbocycles. The second kappa shape index (κ2) is 8.61. The summed E-state index contributed by atoms with van der Waals surface area (Å²) >= 11 is 1.12. The summed E-state index contributed by atoms with van der Waals surface area (Å²) in [6.07, 6.45) is 0. The fourth-order valence-corrected chi connectivity index (χ4v) is 3.56. The second-order valence-electron chi connectivity index (χ2n) is 5.84. The first kappa shape index (κ1) is 20.2. The van der Waals surface area contributed by atoms with E-state index in [2.05, 4.69) is 5.32 Å². The molecule has 0 radical (unpaired) electrons. The van der Waals surface area contributed by atoms with Crippen molar-refractivity contribution in [1.82, 2.24) is 0 Å². The fraction of sp³-hybridized carbons (Fsp3) is 0.100. The molecule has 0 aliphatic carbocycles. The van der Waals surface area contributed by atoms with Gasteiger partial charge in [0.2, 0.25) is 0 Å². The molecule has 1 heterocycles. The largest absolute Gasteiger partial charge is 0.462 e. The first-order valence-electron chi connectivity index (χ1n) is 8.51. The van der Waals surface area contributed by atoms with E-state index in [0.717, 1.165) is 23.5 Å². The average molecular weight is 414 g/mol. The van der Waals surface area contributed by atoms with E-state index in [-0.39, 0.29) is 28.4 Å². The minimum absolute atomic E-state index is 0.0773. The van der Waals surface area contributed by atoms with Gasteiger partial charge in [-0.2, -0.15) is 0 Å². The number of ether oxygens (including phenoxy) is 1. The highest BCUT2D eigenvalue weighted by atomic mass is 32.1. The van der Waals surface area contributed by atoms with Crippen LogP contribution in [0.15, 0.2) is 53.9 Å². The van der Waals surface area contributed by atoms with Crippen molar-refractivity contribution in [3.05, 3.63) is 81.0 Å². The molecule has 1 N–H and O–H groups in total. The highest BCUT2D eigenvalue weighted by Crippen LogP contribution is 2.37. The number of anilines is 1. The summed E-state index contributed by atoms with van der Waals surface area (Å²) in [6.45, 7) is 1.80. The number of hydrogen-bond acceptors (Lipinski definition) is 6. The van der Waals surface area contributed by atoms with Gasteiger partial charge in [0.15, 0.2) is 0 Å². The predicted octanol–water partition coefficient (Wildman–Crippen LogP) is 4.89. The molecular weight excluding hydrogens is 399 g/mol. The maximum atomic E-state index is 13.1. The number of non-ortho nitro benzene ring substituents is 1. The molecule has 0 fully saturated rings. The standard InChI is InChI=1S/C20H15FN2O5S/c1-2-28-20(25)17-16(12-5-9-15(10-6-12)23(26)27)11-29-19(17)22-18(24)13-3-7-14(21)8-4-13/h3-11H,2H2,1H3,(H,22,24). The molecule has 3 aromatic rings. The topological polar surface area (TPSA) is 98.5 Å². The van der Waals surface area contributed by atoms with Crippen molar-refractivity contribution < 1.29 is 23.6 Å². The molecule has 148 valence electrons. The zero-order valence-corrected chi connectivity index (χ0v) is 16.0. The molecule has 0 aliphatic heterocycles. The number of halogens is 1. The van der Waals surface area contributed by atoms with E-state index < -0.39 is 22.6 Å². The van der Waals surface area contributed by atoms with Gasteiger partial charge in [-0.05, 0) is 48.9 Å². The number of hydrogen-bond donors (Lipinski definition) is 1. The van der Waals surface area contributed by atoms with Gasteiger partial charge < -0.3 is 10.1 Å². The average Bonchev–Trinajstić information content (AvgIpc) is 3.12. The Balaban J connectivity index is 1.97. The van der Waals surface area contributed by atoms with Gasteiger partial charge in [0.05, 0.1) is 11.5 Å². The molecule has 0 spiro atoms. The van der Waals surface area contributed by atoms with E-state index in [1.807, 2.05) is 0 Å². The maximum Gasteiger partial charge on any atom is 0.341 e. The van der Waals surface area contributed by atoms with Gasteiger partial charge in [0.1, 0.15) is 16.4 Å². The van der Waals surface area contributed by atoms with Gasteiger partial charge in [0, 0.05) is 28.6 Å². The lowest BCUT2D eigenvalue weighted by molar-refractivity contribution is -0.384. The molecule has 1 amide bonds. The van der Waals surface area contributed by atoms with E-state index in [4.69, 9.17) is 4.74 Å². The van der Waals surface area contributed by atoms with Crippen molar-refractivity contribution in [1.29, 1.82) is 0 Å². The number of nitro groups is 1. The molecule has 1 aromatic heterocycles. The number of carbonyl (C=O) groups excluding carboxylic acids is 2. The molecule has 0 atom stereocenters. The van der Waals surface area contributed by atoms with Gasteiger partial charge in [-0.1, -0.05) is 0 Å². The van der Waals surface area contributed by atoms with Gasteiger partial charge in [-0.25, -0.2) is 9.18 Å². The zero-order chi connectivity index (χ0) is 21.0. The van der Waals surface area contributed by atoms with Crippen LogP contribution in [-0.2, 0) is 4.74 Å². The maximum absolute atomic E-state index is 13.1. The summed E-state index contributed by atoms with van der Waals surface area (Å²) in [6, 6.07) is 10.7. The van der Waals surface area contributed by atoms with Crippen LogP contribution in [0.5, 0.6) is 0 Å². The minimum Gasteiger partial charge on any atom is -0.462 e. The van der Waals surface area contributed by atoms with Crippen LogP contribution >= 0.6 is 11.3 Å². The number of nitro benzene ring substituents is 1. The van der Waals surface area contributed by atoms with Crippen LogP contribution in [0.1, 0.15) is 27.6 Å². The molecule has 0 bridgehead atoms. The highest BCUT2D eigenvalue weighted by molar-refractivity contribution is 7.15. The molecule has 3 rings (SSSR count). The summed E-state index contributed by atoms with van der Waals surface area (Å²) in [5.74, 6) is -1.60. The van der Waals surface area contributed by atoms with E-state index >= 15 is 0 Å². The Morgan fingerprint density at radius 3 is 2.38 bits per heavy atom. The van der Waals surface area contributed by atoms with Crippen LogP contribution in [0.25, 0.3) is 11.1 Å². The van der Waals surface area contributed by atoms with E-state index in [1.54, 1.807) is 12.3 Å². The summed E-state index contributed by atoms with van der Waals surface area (Å²) in [4.78, 5) is 35.3. The van der Waals surface area contributed by atoms with Gasteiger partial charge in [-0.15, -0.1) is 11.3 Å². The number of nitrogens with one attached hydrogen (secondary N) is 1. The third kappa shape index (κ3) is 4.46. The molecular formula is C20H15FN2O5S. The first-order valence-corrected chi connectivity index (χ1v) is 9.39. The van der Waals surface area contributed by atoms with Crippen LogP contribution in [0.4, 0.5) is 15.1 Å². The van der Waals surface area contributed by atoms with Crippen molar-refractivity contribution >= 4 is 33.9 Å². The van der Waals surface area contributed by atoms with Gasteiger partial charge in [-0.3, -0.25) is 14.9 Å². The summed E-state index contributed by atoms with van der Waals surface area (Å²) in [5.41, 5.74) is 1.36. The quantitative estimate of drug-likeness (QED) is 0.352. The SMILES string of the molecule is CCOC(=O)c1c(-c2ccc([N+](=O)[O-])cc2)csc1NC(=O)c1ccc(F)cc1. The monoisotopic (exact) mass is 414 g/mol. The molecule has 9 heteroatoms. The Bertz CT molecular complexity index is 1060. The van der Waals surface area contributed by atoms with Gasteiger partial charge >= 0.3 is 5.97 Å². The third-order valence-electron chi connectivity index (χ3n) is 3.99. The lowest BCUT2D eigenvalue weighted by atomic mass is 10.0. The van der Waals surface area contributed by atoms with Crippen molar-refractivity contribution in [3.8, 4) is 11.1 Å². The Labute approximate surface area is 168 Å².